The Kier molecular flexibility index (Phi) is 9.52. The summed E-state index contributed by atoms with van der Waals surface area (Å²) in [6, 6.07) is 22.4. The van der Waals surface area contributed by atoms with Crippen LogP contribution in [0.1, 0.15) is 27.0 Å². The maximum absolute atomic E-state index is 13.2. The molecule has 11 heteroatoms. The van der Waals surface area contributed by atoms with E-state index in [4.69, 9.17) is 16.3 Å². The molecule has 0 aliphatic carbocycles. The molecule has 4 N–H and O–H groups in total. The van der Waals surface area contributed by atoms with Gasteiger partial charge in [-0.25, -0.2) is 13.2 Å². The predicted molar refractivity (Wildman–Crippen MR) is 160 cm³/mol. The zero-order valence-electron chi connectivity index (χ0n) is 22.8. The van der Waals surface area contributed by atoms with Crippen molar-refractivity contribution in [1.29, 1.82) is 0 Å². The van der Waals surface area contributed by atoms with Crippen molar-refractivity contribution in [3.05, 3.63) is 112 Å². The fourth-order valence-electron chi connectivity index (χ4n) is 4.18. The van der Waals surface area contributed by atoms with E-state index in [0.717, 1.165) is 5.56 Å². The summed E-state index contributed by atoms with van der Waals surface area (Å²) in [5.41, 5.74) is 3.63. The molecule has 4 aromatic carbocycles. The Balaban J connectivity index is 1.66. The molecule has 0 aliphatic heterocycles. The third-order valence-electron chi connectivity index (χ3n) is 6.44. The first-order chi connectivity index (χ1) is 20.0. The number of nitrogens with one attached hydrogen (secondary N) is 2. The number of aliphatic hydroxyl groups is 1. The summed E-state index contributed by atoms with van der Waals surface area (Å²) >= 11 is 6.14. The lowest BCUT2D eigenvalue weighted by atomic mass is 10.0. The summed E-state index contributed by atoms with van der Waals surface area (Å²) in [6.07, 6.45) is 0. The van der Waals surface area contributed by atoms with Crippen LogP contribution in [0.4, 0.5) is 5.69 Å². The highest BCUT2D eigenvalue weighted by Crippen LogP contribution is 2.31. The van der Waals surface area contributed by atoms with Crippen LogP contribution in [0.15, 0.2) is 89.8 Å². The molecule has 0 saturated heterocycles. The molecule has 42 heavy (non-hydrogen) atoms. The summed E-state index contributed by atoms with van der Waals surface area (Å²) in [7, 11) is -3.92. The van der Waals surface area contributed by atoms with E-state index in [0.29, 0.717) is 33.0 Å². The van der Waals surface area contributed by atoms with Gasteiger partial charge in [-0.2, -0.15) is 0 Å². The second kappa shape index (κ2) is 13.1. The van der Waals surface area contributed by atoms with Gasteiger partial charge in [-0.3, -0.25) is 9.52 Å². The van der Waals surface area contributed by atoms with Gasteiger partial charge in [0, 0.05) is 10.7 Å². The minimum Gasteiger partial charge on any atom is -0.488 e. The molecule has 9 nitrogen and oxygen atoms in total. The lowest BCUT2D eigenvalue weighted by Crippen LogP contribution is -2.43. The van der Waals surface area contributed by atoms with Crippen molar-refractivity contribution in [1.82, 2.24) is 5.32 Å². The molecule has 0 radical (unpaired) electrons. The number of aliphatic carboxylic acids is 1. The van der Waals surface area contributed by atoms with Crippen molar-refractivity contribution < 1.29 is 33.0 Å². The van der Waals surface area contributed by atoms with Gasteiger partial charge in [0.2, 0.25) is 0 Å². The zero-order valence-corrected chi connectivity index (χ0v) is 24.4. The maximum atomic E-state index is 13.2. The standard InChI is InChI=1S/C31H29ClN2O7S/c1-19-14-29(20(2)13-26(19)32)42(39,40)34-24-10-6-9-22(15-24)23-11-12-25(30(36)33-27(17-35)31(37)38)28(16-23)41-18-21-7-4-3-5-8-21/h3-16,27,34-35H,17-18H2,1-2H3,(H,33,36)(H,37,38). The van der Waals surface area contributed by atoms with Crippen LogP contribution in [-0.4, -0.2) is 43.2 Å². The van der Waals surface area contributed by atoms with Crippen LogP contribution in [-0.2, 0) is 21.4 Å². The first kappa shape index (κ1) is 30.6. The predicted octanol–water partition coefficient (Wildman–Crippen LogP) is 5.18. The Morgan fingerprint density at radius 1 is 0.905 bits per heavy atom. The molecule has 1 amide bonds. The number of rotatable bonds is 11. The molecule has 0 aliphatic rings. The number of anilines is 1. The highest BCUT2D eigenvalue weighted by atomic mass is 35.5. The van der Waals surface area contributed by atoms with Gasteiger partial charge in [0.25, 0.3) is 15.9 Å². The van der Waals surface area contributed by atoms with Crippen molar-refractivity contribution in [2.45, 2.75) is 31.4 Å². The van der Waals surface area contributed by atoms with E-state index in [1.54, 1.807) is 56.3 Å². The normalized spacial score (nSPS) is 11.9. The maximum Gasteiger partial charge on any atom is 0.328 e. The van der Waals surface area contributed by atoms with Gasteiger partial charge < -0.3 is 20.3 Å². The molecular weight excluding hydrogens is 580 g/mol. The highest BCUT2D eigenvalue weighted by Gasteiger charge is 2.23. The Morgan fingerprint density at radius 2 is 1.62 bits per heavy atom. The van der Waals surface area contributed by atoms with E-state index in [-0.39, 0.29) is 22.8 Å². The number of hydrogen-bond donors (Lipinski definition) is 4. The minimum atomic E-state index is -3.92. The van der Waals surface area contributed by atoms with Crippen molar-refractivity contribution >= 4 is 39.2 Å². The van der Waals surface area contributed by atoms with Crippen molar-refractivity contribution in [3.8, 4) is 16.9 Å². The summed E-state index contributed by atoms with van der Waals surface area (Å²) in [5.74, 6) is -1.94. The monoisotopic (exact) mass is 608 g/mol. The van der Waals surface area contributed by atoms with E-state index >= 15 is 0 Å². The van der Waals surface area contributed by atoms with Gasteiger partial charge in [0.05, 0.1) is 17.1 Å². The van der Waals surface area contributed by atoms with Crippen LogP contribution < -0.4 is 14.8 Å². The first-order valence-electron chi connectivity index (χ1n) is 12.8. The summed E-state index contributed by atoms with van der Waals surface area (Å²) in [6.45, 7) is 2.75. The highest BCUT2D eigenvalue weighted by molar-refractivity contribution is 7.92. The fourth-order valence-corrected chi connectivity index (χ4v) is 5.76. The smallest absolute Gasteiger partial charge is 0.328 e. The number of ether oxygens (including phenoxy) is 1. The van der Waals surface area contributed by atoms with Gasteiger partial charge in [-0.15, -0.1) is 0 Å². The van der Waals surface area contributed by atoms with Gasteiger partial charge in [-0.05, 0) is 78.1 Å². The van der Waals surface area contributed by atoms with E-state index < -0.39 is 34.5 Å². The number of sulfonamides is 1. The van der Waals surface area contributed by atoms with E-state index in [1.165, 1.54) is 12.1 Å². The number of aryl methyl sites for hydroxylation is 2. The van der Waals surface area contributed by atoms with Gasteiger partial charge in [-0.1, -0.05) is 60.1 Å². The lowest BCUT2D eigenvalue weighted by molar-refractivity contribution is -0.140. The largest absolute Gasteiger partial charge is 0.488 e. The average Bonchev–Trinajstić information content (AvgIpc) is 2.96. The van der Waals surface area contributed by atoms with E-state index in [2.05, 4.69) is 10.0 Å². The fraction of sp³-hybridized carbons (Fsp3) is 0.161. The summed E-state index contributed by atoms with van der Waals surface area (Å²) in [5, 5.41) is 21.4. The number of carboxylic acid groups (broad SMARTS) is 1. The van der Waals surface area contributed by atoms with Crippen LogP contribution in [0.3, 0.4) is 0 Å². The Labute approximate surface area is 248 Å². The van der Waals surface area contributed by atoms with Crippen LogP contribution in [0.25, 0.3) is 11.1 Å². The molecule has 1 unspecified atom stereocenters. The SMILES string of the molecule is Cc1cc(S(=O)(=O)Nc2cccc(-c3ccc(C(=O)NC(CO)C(=O)O)c(OCc4ccccc4)c3)c2)c(C)cc1Cl. The molecule has 1 atom stereocenters. The lowest BCUT2D eigenvalue weighted by Gasteiger charge is -2.16. The number of carbonyl (C=O) groups excluding carboxylic acids is 1. The van der Waals surface area contributed by atoms with Gasteiger partial charge >= 0.3 is 5.97 Å². The topological polar surface area (TPSA) is 142 Å². The third-order valence-corrected chi connectivity index (χ3v) is 8.37. The second-order valence-electron chi connectivity index (χ2n) is 9.59. The first-order valence-corrected chi connectivity index (χ1v) is 14.7. The Morgan fingerprint density at radius 3 is 2.31 bits per heavy atom. The number of aliphatic hydroxyl groups excluding tert-OH is 1. The van der Waals surface area contributed by atoms with Crippen LogP contribution in [0, 0.1) is 13.8 Å². The number of carboxylic acids is 1. The number of benzene rings is 4. The molecule has 0 spiro atoms. The zero-order chi connectivity index (χ0) is 30.4. The molecule has 0 saturated carbocycles. The molecule has 0 fully saturated rings. The second-order valence-corrected chi connectivity index (χ2v) is 11.6. The third kappa shape index (κ3) is 7.27. The molecule has 4 aromatic rings. The van der Waals surface area contributed by atoms with E-state index in [9.17, 15) is 28.2 Å². The molecule has 0 bridgehead atoms. The van der Waals surface area contributed by atoms with Crippen LogP contribution >= 0.6 is 11.6 Å². The van der Waals surface area contributed by atoms with E-state index in [1.807, 2.05) is 30.3 Å². The molecular formula is C31H29ClN2O7S. The average molecular weight is 609 g/mol. The number of carbonyl (C=O) groups is 2. The van der Waals surface area contributed by atoms with Gasteiger partial charge in [0.15, 0.2) is 6.04 Å². The number of amides is 1. The Hall–Kier alpha value is -4.38. The van der Waals surface area contributed by atoms with Crippen molar-refractivity contribution in [3.63, 3.8) is 0 Å². The summed E-state index contributed by atoms with van der Waals surface area (Å²) < 4.78 is 35.0. The molecule has 4 rings (SSSR count). The minimum absolute atomic E-state index is 0.0693. The van der Waals surface area contributed by atoms with Crippen molar-refractivity contribution in [2.75, 3.05) is 11.3 Å². The van der Waals surface area contributed by atoms with Crippen LogP contribution in [0.2, 0.25) is 5.02 Å². The molecule has 218 valence electrons. The summed E-state index contributed by atoms with van der Waals surface area (Å²) in [4.78, 5) is 24.4. The number of halogens is 1. The van der Waals surface area contributed by atoms with Crippen molar-refractivity contribution in [2.24, 2.45) is 0 Å². The van der Waals surface area contributed by atoms with Gasteiger partial charge in [0.1, 0.15) is 12.4 Å². The van der Waals surface area contributed by atoms with Crippen LogP contribution in [0.5, 0.6) is 5.75 Å². The number of hydrogen-bond acceptors (Lipinski definition) is 6. The quantitative estimate of drug-likeness (QED) is 0.184. The Bertz CT molecular complexity index is 1730. The molecule has 0 aromatic heterocycles. The molecule has 0 heterocycles.